The van der Waals surface area contributed by atoms with Gasteiger partial charge >= 0.3 is 0 Å². The Bertz CT molecular complexity index is 97.0. The van der Waals surface area contributed by atoms with Gasteiger partial charge in [0.25, 0.3) is 0 Å². The number of hydrogen-bond acceptors (Lipinski definition) is 2. The van der Waals surface area contributed by atoms with E-state index >= 15 is 0 Å². The molecule has 0 bridgehead atoms. The second-order valence-electron chi connectivity index (χ2n) is 1.77. The molecule has 9 heavy (non-hydrogen) atoms. The summed E-state index contributed by atoms with van der Waals surface area (Å²) in [5, 5.41) is 2.58. The largest absolute Gasteiger partial charge is 0.368 e. The second-order valence-corrected chi connectivity index (χ2v) is 1.77. The van der Waals surface area contributed by atoms with Crippen molar-refractivity contribution in [3.63, 3.8) is 0 Å². The molecular formula is C5H11FN2O. The lowest BCUT2D eigenvalue weighted by molar-refractivity contribution is -0.119. The number of amides is 1. The highest BCUT2D eigenvalue weighted by Gasteiger charge is 2.04. The zero-order chi connectivity index (χ0) is 7.28. The van der Waals surface area contributed by atoms with Crippen LogP contribution in [-0.2, 0) is 4.79 Å². The predicted molar refractivity (Wildman–Crippen MR) is 32.6 cm³/mol. The molecule has 0 heterocycles. The average molecular weight is 134 g/mol. The Morgan fingerprint density at radius 2 is 2.44 bits per heavy atom. The molecule has 0 fully saturated rings. The van der Waals surface area contributed by atoms with E-state index in [0.717, 1.165) is 0 Å². The Kier molecular flexibility index (Phi) is 3.96. The number of nitrogens with two attached hydrogens (primary N) is 1. The van der Waals surface area contributed by atoms with Crippen molar-refractivity contribution in [3.8, 4) is 0 Å². The average Bonchev–Trinajstić information content (AvgIpc) is 1.82. The second kappa shape index (κ2) is 4.26. The van der Waals surface area contributed by atoms with Crippen molar-refractivity contribution >= 4 is 5.91 Å². The third-order valence-corrected chi connectivity index (χ3v) is 0.972. The first-order valence-corrected chi connectivity index (χ1v) is 2.77. The van der Waals surface area contributed by atoms with Crippen LogP contribution in [0.3, 0.4) is 0 Å². The fourth-order valence-electron chi connectivity index (χ4n) is 0.372. The van der Waals surface area contributed by atoms with Crippen molar-refractivity contribution in [2.24, 2.45) is 5.73 Å². The Morgan fingerprint density at radius 3 is 2.78 bits per heavy atom. The summed E-state index contributed by atoms with van der Waals surface area (Å²) in [6, 6.07) is -0.430. The normalized spacial score (nSPS) is 13.1. The standard InChI is InChI=1S/C5H11FN2O/c1-4(5(7)9)8-3-2-6/h4,8H,2-3H2,1H3,(H2,7,9)/t4-/m1/s1. The molecule has 0 aromatic carbocycles. The summed E-state index contributed by atoms with van der Waals surface area (Å²) in [6.45, 7) is 1.31. The lowest BCUT2D eigenvalue weighted by atomic mass is 10.3. The smallest absolute Gasteiger partial charge is 0.234 e. The van der Waals surface area contributed by atoms with Gasteiger partial charge < -0.3 is 11.1 Å². The SMILES string of the molecule is C[C@@H](NCCF)C(N)=O. The summed E-state index contributed by atoms with van der Waals surface area (Å²) in [4.78, 5) is 10.2. The van der Waals surface area contributed by atoms with E-state index in [0.29, 0.717) is 0 Å². The molecule has 0 unspecified atom stereocenters. The fourth-order valence-corrected chi connectivity index (χ4v) is 0.372. The van der Waals surface area contributed by atoms with Gasteiger partial charge in [-0.1, -0.05) is 0 Å². The Balaban J connectivity index is 3.27. The zero-order valence-corrected chi connectivity index (χ0v) is 5.36. The maximum atomic E-state index is 11.4. The molecule has 1 amide bonds. The quantitative estimate of drug-likeness (QED) is 0.540. The van der Waals surface area contributed by atoms with E-state index < -0.39 is 18.6 Å². The van der Waals surface area contributed by atoms with Gasteiger partial charge in [-0.15, -0.1) is 0 Å². The molecule has 1 atom stereocenters. The number of hydrogen-bond donors (Lipinski definition) is 2. The van der Waals surface area contributed by atoms with Gasteiger partial charge in [0.2, 0.25) is 5.91 Å². The monoisotopic (exact) mass is 134 g/mol. The number of nitrogens with one attached hydrogen (secondary N) is 1. The molecule has 3 nitrogen and oxygen atoms in total. The van der Waals surface area contributed by atoms with Crippen LogP contribution in [0.2, 0.25) is 0 Å². The molecule has 0 aliphatic carbocycles. The summed E-state index contributed by atoms with van der Waals surface area (Å²) in [6.07, 6.45) is 0. The summed E-state index contributed by atoms with van der Waals surface area (Å²) in [5.74, 6) is -0.455. The van der Waals surface area contributed by atoms with Gasteiger partial charge in [-0.3, -0.25) is 4.79 Å². The molecule has 0 saturated carbocycles. The van der Waals surface area contributed by atoms with Gasteiger partial charge in [0.05, 0.1) is 6.04 Å². The molecule has 54 valence electrons. The van der Waals surface area contributed by atoms with Crippen LogP contribution in [0.4, 0.5) is 4.39 Å². The molecule has 0 rings (SSSR count). The summed E-state index contributed by atoms with van der Waals surface area (Å²) in [7, 11) is 0. The van der Waals surface area contributed by atoms with Crippen molar-refractivity contribution in [2.45, 2.75) is 13.0 Å². The van der Waals surface area contributed by atoms with Crippen LogP contribution in [0.1, 0.15) is 6.92 Å². The third kappa shape index (κ3) is 3.90. The number of rotatable bonds is 4. The molecule has 0 aliphatic heterocycles. The Hall–Kier alpha value is -0.640. The molecule has 0 radical (unpaired) electrons. The molecule has 0 aromatic heterocycles. The van der Waals surface area contributed by atoms with Crippen molar-refractivity contribution in [2.75, 3.05) is 13.2 Å². The first kappa shape index (κ1) is 8.36. The molecule has 3 N–H and O–H groups in total. The minimum atomic E-state index is -0.475. The van der Waals surface area contributed by atoms with E-state index in [-0.39, 0.29) is 6.54 Å². The Morgan fingerprint density at radius 1 is 1.89 bits per heavy atom. The van der Waals surface area contributed by atoms with Crippen LogP contribution in [0, 0.1) is 0 Å². The van der Waals surface area contributed by atoms with E-state index in [1.165, 1.54) is 0 Å². The van der Waals surface area contributed by atoms with E-state index in [9.17, 15) is 9.18 Å². The third-order valence-electron chi connectivity index (χ3n) is 0.972. The molecular weight excluding hydrogens is 123 g/mol. The lowest BCUT2D eigenvalue weighted by Crippen LogP contribution is -2.39. The van der Waals surface area contributed by atoms with Crippen LogP contribution in [-0.4, -0.2) is 25.2 Å². The highest BCUT2D eigenvalue weighted by molar-refractivity contribution is 5.79. The van der Waals surface area contributed by atoms with Crippen molar-refractivity contribution in [1.29, 1.82) is 0 Å². The molecule has 0 aromatic rings. The first-order valence-electron chi connectivity index (χ1n) is 2.77. The number of primary amides is 1. The van der Waals surface area contributed by atoms with Gasteiger partial charge in [0, 0.05) is 6.54 Å². The van der Waals surface area contributed by atoms with Gasteiger partial charge in [0.15, 0.2) is 0 Å². The highest BCUT2D eigenvalue weighted by atomic mass is 19.1. The topological polar surface area (TPSA) is 55.1 Å². The number of halogens is 1. The van der Waals surface area contributed by atoms with Gasteiger partial charge in [-0.2, -0.15) is 0 Å². The minimum absolute atomic E-state index is 0.185. The molecule has 4 heteroatoms. The summed E-state index contributed by atoms with van der Waals surface area (Å²) in [5.41, 5.74) is 4.85. The molecule has 0 saturated heterocycles. The van der Waals surface area contributed by atoms with E-state index in [4.69, 9.17) is 5.73 Å². The maximum Gasteiger partial charge on any atom is 0.234 e. The van der Waals surface area contributed by atoms with Crippen LogP contribution >= 0.6 is 0 Å². The Labute approximate surface area is 53.4 Å². The van der Waals surface area contributed by atoms with Crippen molar-refractivity contribution in [1.82, 2.24) is 5.32 Å². The lowest BCUT2D eigenvalue weighted by Gasteiger charge is -2.06. The number of alkyl halides is 1. The van der Waals surface area contributed by atoms with Crippen LogP contribution in [0.15, 0.2) is 0 Å². The van der Waals surface area contributed by atoms with Crippen LogP contribution < -0.4 is 11.1 Å². The number of carbonyl (C=O) groups is 1. The summed E-state index contributed by atoms with van der Waals surface area (Å²) >= 11 is 0. The van der Waals surface area contributed by atoms with Crippen LogP contribution in [0.25, 0.3) is 0 Å². The molecule has 0 aliphatic rings. The van der Waals surface area contributed by atoms with E-state index in [1.54, 1.807) is 6.92 Å². The number of carbonyl (C=O) groups excluding carboxylic acids is 1. The molecule has 0 spiro atoms. The predicted octanol–water partition coefficient (Wildman–Crippen LogP) is -0.581. The first-order chi connectivity index (χ1) is 4.18. The maximum absolute atomic E-state index is 11.4. The van der Waals surface area contributed by atoms with Crippen LogP contribution in [0.5, 0.6) is 0 Å². The van der Waals surface area contributed by atoms with Gasteiger partial charge in [-0.25, -0.2) is 4.39 Å². The highest BCUT2D eigenvalue weighted by Crippen LogP contribution is 1.76. The van der Waals surface area contributed by atoms with E-state index in [2.05, 4.69) is 5.32 Å². The van der Waals surface area contributed by atoms with Gasteiger partial charge in [0.1, 0.15) is 6.67 Å². The van der Waals surface area contributed by atoms with Gasteiger partial charge in [-0.05, 0) is 6.92 Å². The summed E-state index contributed by atoms with van der Waals surface area (Å²) < 4.78 is 11.4. The zero-order valence-electron chi connectivity index (χ0n) is 5.36. The fraction of sp³-hybridized carbons (Fsp3) is 0.800. The minimum Gasteiger partial charge on any atom is -0.368 e. The van der Waals surface area contributed by atoms with E-state index in [1.807, 2.05) is 0 Å². The van der Waals surface area contributed by atoms with Crippen molar-refractivity contribution < 1.29 is 9.18 Å². The van der Waals surface area contributed by atoms with Crippen molar-refractivity contribution in [3.05, 3.63) is 0 Å².